The molecule has 1 aromatic carbocycles. The van der Waals surface area contributed by atoms with E-state index in [1.807, 2.05) is 53.3 Å². The van der Waals surface area contributed by atoms with E-state index < -0.39 is 0 Å². The number of amides is 1. The van der Waals surface area contributed by atoms with E-state index in [1.54, 1.807) is 0 Å². The highest BCUT2D eigenvalue weighted by atomic mass is 16.2. The molecule has 36 heavy (non-hydrogen) atoms. The lowest BCUT2D eigenvalue weighted by molar-refractivity contribution is -0.136. The number of anilines is 2. The van der Waals surface area contributed by atoms with Crippen LogP contribution in [-0.4, -0.2) is 78.4 Å². The largest absolute Gasteiger partial charge is 0.370 e. The Kier molecular flexibility index (Phi) is 5.73. The van der Waals surface area contributed by atoms with Gasteiger partial charge in [0.05, 0.1) is 23.5 Å². The van der Waals surface area contributed by atoms with Crippen LogP contribution in [-0.2, 0) is 4.79 Å². The summed E-state index contributed by atoms with van der Waals surface area (Å²) in [6, 6.07) is 9.99. The third-order valence-electron chi connectivity index (χ3n) is 8.18. The van der Waals surface area contributed by atoms with Gasteiger partial charge in [-0.1, -0.05) is 23.7 Å². The Morgan fingerprint density at radius 1 is 1.06 bits per heavy atom. The number of rotatable bonds is 0. The van der Waals surface area contributed by atoms with E-state index in [-0.39, 0.29) is 17.2 Å². The molecule has 9 heteroatoms. The monoisotopic (exact) mass is 481 g/mol. The molecule has 184 valence electrons. The molecule has 0 spiro atoms. The van der Waals surface area contributed by atoms with Gasteiger partial charge in [-0.05, 0) is 55.4 Å². The lowest BCUT2D eigenvalue weighted by Gasteiger charge is -2.43. The number of carbonyl (C=O) groups is 1. The molecule has 1 atom stereocenters. The molecule has 1 unspecified atom stereocenters. The summed E-state index contributed by atoms with van der Waals surface area (Å²) >= 11 is 0. The Bertz CT molecular complexity index is 1280. The Morgan fingerprint density at radius 3 is 2.72 bits per heavy atom. The Labute approximate surface area is 213 Å². The van der Waals surface area contributed by atoms with Gasteiger partial charge in [0.15, 0.2) is 0 Å². The molecule has 0 aliphatic carbocycles. The fraction of sp³-hybridized carbons (Fsp3) is 0.481. The van der Waals surface area contributed by atoms with Crippen molar-refractivity contribution in [1.29, 1.82) is 0 Å². The molecule has 0 saturated carbocycles. The summed E-state index contributed by atoms with van der Waals surface area (Å²) in [5.74, 6) is 1.13. The van der Waals surface area contributed by atoms with E-state index in [4.69, 9.17) is 7.85 Å². The van der Waals surface area contributed by atoms with Gasteiger partial charge in [-0.3, -0.25) is 4.79 Å². The molecule has 2 fully saturated rings. The summed E-state index contributed by atoms with van der Waals surface area (Å²) in [7, 11) is 8.20. The zero-order chi connectivity index (χ0) is 24.9. The topological polar surface area (TPSA) is 70.4 Å². The summed E-state index contributed by atoms with van der Waals surface area (Å²) < 4.78 is 1.85. The summed E-state index contributed by atoms with van der Waals surface area (Å²) in [6.07, 6.45) is 7.72. The van der Waals surface area contributed by atoms with Crippen molar-refractivity contribution in [2.75, 3.05) is 49.6 Å². The molecular weight excluding hydrogens is 449 g/mol. The maximum absolute atomic E-state index is 13.5. The van der Waals surface area contributed by atoms with Crippen molar-refractivity contribution in [3.05, 3.63) is 42.7 Å². The van der Waals surface area contributed by atoms with Crippen LogP contribution in [0.15, 0.2) is 42.7 Å². The summed E-state index contributed by atoms with van der Waals surface area (Å²) in [5, 5.41) is 8.99. The van der Waals surface area contributed by atoms with Gasteiger partial charge in [-0.15, -0.1) is 5.10 Å². The van der Waals surface area contributed by atoms with Crippen LogP contribution in [0.5, 0.6) is 0 Å². The first-order valence-electron chi connectivity index (χ1n) is 12.9. The van der Waals surface area contributed by atoms with Gasteiger partial charge in [-0.2, -0.15) is 0 Å². The Morgan fingerprint density at radius 2 is 1.89 bits per heavy atom. The first kappa shape index (κ1) is 23.1. The molecule has 4 aliphatic heterocycles. The van der Waals surface area contributed by atoms with Gasteiger partial charge >= 0.3 is 0 Å². The number of hydrogen-bond acceptors (Lipinski definition) is 6. The second-order valence-electron chi connectivity index (χ2n) is 11.0. The summed E-state index contributed by atoms with van der Waals surface area (Å²) in [4.78, 5) is 24.8. The lowest BCUT2D eigenvalue weighted by atomic mass is 9.79. The fourth-order valence-corrected chi connectivity index (χ4v) is 6.05. The quantitative estimate of drug-likeness (QED) is 0.460. The van der Waals surface area contributed by atoms with Crippen molar-refractivity contribution in [1.82, 2.24) is 24.9 Å². The minimum atomic E-state index is -0.00694. The average molecular weight is 481 g/mol. The van der Waals surface area contributed by atoms with E-state index in [2.05, 4.69) is 38.1 Å². The van der Waals surface area contributed by atoms with Crippen LogP contribution < -0.4 is 15.3 Å². The SMILES string of the molecule is [B]c1ccc2c(c1)N1CCC(C)(CC1)CN(C)C(=O)C1CCCN(C1)c1cc(ccn1)-c1cn-2nn1. The third-order valence-corrected chi connectivity index (χ3v) is 8.18. The van der Waals surface area contributed by atoms with Crippen LogP contribution in [0, 0.1) is 11.3 Å². The van der Waals surface area contributed by atoms with E-state index in [0.29, 0.717) is 6.54 Å². The molecule has 0 N–H and O–H groups in total. The molecule has 4 aliphatic rings. The summed E-state index contributed by atoms with van der Waals surface area (Å²) in [5.41, 5.74) is 4.59. The number of benzene rings is 1. The molecule has 2 radical (unpaired) electrons. The van der Waals surface area contributed by atoms with Gasteiger partial charge in [0.2, 0.25) is 5.91 Å². The third kappa shape index (κ3) is 4.25. The van der Waals surface area contributed by atoms with Crippen LogP contribution >= 0.6 is 0 Å². The summed E-state index contributed by atoms with van der Waals surface area (Å²) in [6.45, 7) is 6.51. The number of nitrogens with zero attached hydrogens (tertiary/aromatic N) is 7. The molecule has 2 saturated heterocycles. The van der Waals surface area contributed by atoms with Crippen molar-refractivity contribution in [2.45, 2.75) is 32.6 Å². The maximum atomic E-state index is 13.5. The molecule has 7 rings (SSSR count). The molecular formula is C27H32BN7O. The van der Waals surface area contributed by atoms with Crippen molar-refractivity contribution in [2.24, 2.45) is 11.3 Å². The molecule has 3 aromatic rings. The van der Waals surface area contributed by atoms with E-state index in [9.17, 15) is 4.79 Å². The first-order chi connectivity index (χ1) is 17.4. The zero-order valence-electron chi connectivity index (χ0n) is 21.1. The van der Waals surface area contributed by atoms with Crippen molar-refractivity contribution >= 4 is 30.7 Å². The van der Waals surface area contributed by atoms with E-state index >= 15 is 0 Å². The zero-order valence-corrected chi connectivity index (χ0v) is 21.1. The maximum Gasteiger partial charge on any atom is 0.227 e. The van der Waals surface area contributed by atoms with E-state index in [1.165, 1.54) is 0 Å². The van der Waals surface area contributed by atoms with Crippen molar-refractivity contribution in [3.63, 3.8) is 0 Å². The van der Waals surface area contributed by atoms with Gasteiger partial charge in [0.1, 0.15) is 19.4 Å². The average Bonchev–Trinajstić information content (AvgIpc) is 3.38. The highest BCUT2D eigenvalue weighted by Crippen LogP contribution is 2.36. The standard InChI is InChI=1S/C27H32BN7O/c1-27-8-12-33(13-9-27)24-15-21(28)5-6-23(24)35-17-22(30-31-35)19-7-10-29-25(14-19)34-11-3-4-20(16-34)26(36)32(2)18-27/h5-7,10,14-15,17,20H,3-4,8-9,11-13,16,18H2,1-2H3. The van der Waals surface area contributed by atoms with Crippen LogP contribution in [0.2, 0.25) is 0 Å². The fourth-order valence-electron chi connectivity index (χ4n) is 6.05. The number of pyridine rings is 1. The minimum absolute atomic E-state index is 0.00694. The predicted molar refractivity (Wildman–Crippen MR) is 142 cm³/mol. The normalized spacial score (nSPS) is 24.3. The van der Waals surface area contributed by atoms with Crippen LogP contribution in [0.4, 0.5) is 11.5 Å². The Balaban J connectivity index is 1.43. The number of piperidine rings is 2. The predicted octanol–water partition coefficient (Wildman–Crippen LogP) is 2.42. The van der Waals surface area contributed by atoms with Gasteiger partial charge in [0, 0.05) is 51.5 Å². The van der Waals surface area contributed by atoms with Gasteiger partial charge < -0.3 is 14.7 Å². The lowest BCUT2D eigenvalue weighted by Crippen LogP contribution is -2.49. The smallest absolute Gasteiger partial charge is 0.227 e. The second kappa shape index (κ2) is 8.94. The first-order valence-corrected chi connectivity index (χ1v) is 12.9. The van der Waals surface area contributed by atoms with Gasteiger partial charge in [-0.25, -0.2) is 9.67 Å². The number of hydrogen-bond donors (Lipinski definition) is 0. The highest BCUT2D eigenvalue weighted by molar-refractivity contribution is 6.32. The molecule has 6 heterocycles. The molecule has 1 amide bonds. The van der Waals surface area contributed by atoms with Crippen molar-refractivity contribution in [3.8, 4) is 16.9 Å². The number of aromatic nitrogens is 4. The van der Waals surface area contributed by atoms with Crippen LogP contribution in [0.1, 0.15) is 32.6 Å². The van der Waals surface area contributed by atoms with Gasteiger partial charge in [0.25, 0.3) is 0 Å². The molecule has 8 bridgehead atoms. The van der Waals surface area contributed by atoms with Crippen LogP contribution in [0.25, 0.3) is 16.9 Å². The number of carbonyl (C=O) groups excluding carboxylic acids is 1. The highest BCUT2D eigenvalue weighted by Gasteiger charge is 2.36. The molecule has 2 aromatic heterocycles. The minimum Gasteiger partial charge on any atom is -0.370 e. The van der Waals surface area contributed by atoms with Crippen LogP contribution in [0.3, 0.4) is 0 Å². The van der Waals surface area contributed by atoms with Crippen molar-refractivity contribution < 1.29 is 4.79 Å². The van der Waals surface area contributed by atoms with E-state index in [0.717, 1.165) is 85.8 Å². The Hall–Kier alpha value is -3.36. The number of fused-ring (bicyclic) bond motifs is 4. The second-order valence-corrected chi connectivity index (χ2v) is 11.0. The molecule has 8 nitrogen and oxygen atoms in total.